The molecule has 78 valence electrons. The van der Waals surface area contributed by atoms with Crippen molar-refractivity contribution in [1.29, 1.82) is 0 Å². The highest BCUT2D eigenvalue weighted by atomic mass is 16.3. The van der Waals surface area contributed by atoms with Gasteiger partial charge in [0.25, 0.3) is 0 Å². The topological polar surface area (TPSA) is 55.3 Å². The SMILES string of the molecule is CN(Cc1ccco1)c1ncccc1N. The zero-order chi connectivity index (χ0) is 10.7. The van der Waals surface area contributed by atoms with Crippen molar-refractivity contribution in [2.45, 2.75) is 6.54 Å². The van der Waals surface area contributed by atoms with Gasteiger partial charge in [0.1, 0.15) is 5.76 Å². The molecular weight excluding hydrogens is 190 g/mol. The lowest BCUT2D eigenvalue weighted by atomic mass is 10.3. The monoisotopic (exact) mass is 203 g/mol. The summed E-state index contributed by atoms with van der Waals surface area (Å²) in [4.78, 5) is 6.17. The molecule has 2 heterocycles. The van der Waals surface area contributed by atoms with E-state index in [1.807, 2.05) is 36.2 Å². The molecule has 2 aromatic rings. The predicted molar refractivity (Wildman–Crippen MR) is 59.5 cm³/mol. The number of furan rings is 1. The zero-order valence-electron chi connectivity index (χ0n) is 8.55. The Kier molecular flexibility index (Phi) is 2.58. The maximum Gasteiger partial charge on any atom is 0.151 e. The normalized spacial score (nSPS) is 10.2. The molecule has 2 aromatic heterocycles. The van der Waals surface area contributed by atoms with Crippen LogP contribution >= 0.6 is 0 Å². The number of nitrogens with two attached hydrogens (primary N) is 1. The molecule has 0 aliphatic carbocycles. The summed E-state index contributed by atoms with van der Waals surface area (Å²) in [7, 11) is 1.93. The number of pyridine rings is 1. The maximum absolute atomic E-state index is 5.82. The van der Waals surface area contributed by atoms with Crippen LogP contribution in [0.15, 0.2) is 41.1 Å². The molecule has 0 unspecified atom stereocenters. The van der Waals surface area contributed by atoms with Gasteiger partial charge in [-0.25, -0.2) is 4.98 Å². The van der Waals surface area contributed by atoms with Gasteiger partial charge in [-0.2, -0.15) is 0 Å². The van der Waals surface area contributed by atoms with Crippen molar-refractivity contribution in [2.75, 3.05) is 17.7 Å². The number of nitrogen functional groups attached to an aromatic ring is 1. The summed E-state index contributed by atoms with van der Waals surface area (Å²) in [5, 5.41) is 0. The molecule has 4 nitrogen and oxygen atoms in total. The molecule has 0 radical (unpaired) electrons. The summed E-state index contributed by atoms with van der Waals surface area (Å²) in [6.07, 6.45) is 3.38. The van der Waals surface area contributed by atoms with Crippen LogP contribution in [0.3, 0.4) is 0 Å². The van der Waals surface area contributed by atoms with E-state index >= 15 is 0 Å². The van der Waals surface area contributed by atoms with E-state index in [4.69, 9.17) is 10.2 Å². The molecular formula is C11H13N3O. The van der Waals surface area contributed by atoms with E-state index < -0.39 is 0 Å². The van der Waals surface area contributed by atoms with Gasteiger partial charge in [0.2, 0.25) is 0 Å². The van der Waals surface area contributed by atoms with E-state index in [0.29, 0.717) is 12.2 Å². The van der Waals surface area contributed by atoms with E-state index in [-0.39, 0.29) is 0 Å². The van der Waals surface area contributed by atoms with E-state index in [1.54, 1.807) is 12.5 Å². The smallest absolute Gasteiger partial charge is 0.151 e. The van der Waals surface area contributed by atoms with Gasteiger partial charge >= 0.3 is 0 Å². The van der Waals surface area contributed by atoms with E-state index in [1.165, 1.54) is 0 Å². The number of rotatable bonds is 3. The first-order valence-electron chi connectivity index (χ1n) is 4.71. The number of nitrogens with zero attached hydrogens (tertiary/aromatic N) is 2. The third-order valence-corrected chi connectivity index (χ3v) is 2.15. The van der Waals surface area contributed by atoms with E-state index in [0.717, 1.165) is 11.6 Å². The maximum atomic E-state index is 5.82. The Morgan fingerprint density at radius 2 is 2.27 bits per heavy atom. The fraction of sp³-hybridized carbons (Fsp3) is 0.182. The first kappa shape index (κ1) is 9.58. The van der Waals surface area contributed by atoms with Crippen LogP contribution in [0.25, 0.3) is 0 Å². The second-order valence-electron chi connectivity index (χ2n) is 3.35. The highest BCUT2D eigenvalue weighted by Crippen LogP contribution is 2.19. The summed E-state index contributed by atoms with van der Waals surface area (Å²) in [6.45, 7) is 0.661. The fourth-order valence-corrected chi connectivity index (χ4v) is 1.44. The predicted octanol–water partition coefficient (Wildman–Crippen LogP) is 1.89. The van der Waals surface area contributed by atoms with E-state index in [2.05, 4.69) is 4.98 Å². The van der Waals surface area contributed by atoms with Crippen LogP contribution in [0.2, 0.25) is 0 Å². The summed E-state index contributed by atoms with van der Waals surface area (Å²) >= 11 is 0. The quantitative estimate of drug-likeness (QED) is 0.827. The van der Waals surface area contributed by atoms with Crippen molar-refractivity contribution in [2.24, 2.45) is 0 Å². The Balaban J connectivity index is 2.15. The van der Waals surface area contributed by atoms with Crippen LogP contribution in [-0.4, -0.2) is 12.0 Å². The highest BCUT2D eigenvalue weighted by molar-refractivity contribution is 5.61. The summed E-state index contributed by atoms with van der Waals surface area (Å²) in [6, 6.07) is 7.45. The third kappa shape index (κ3) is 2.10. The Morgan fingerprint density at radius 3 is 2.93 bits per heavy atom. The van der Waals surface area contributed by atoms with Crippen molar-refractivity contribution in [1.82, 2.24) is 4.98 Å². The number of hydrogen-bond donors (Lipinski definition) is 1. The fourth-order valence-electron chi connectivity index (χ4n) is 1.44. The van der Waals surface area contributed by atoms with Crippen LogP contribution < -0.4 is 10.6 Å². The van der Waals surface area contributed by atoms with Gasteiger partial charge in [0, 0.05) is 13.2 Å². The van der Waals surface area contributed by atoms with Crippen LogP contribution in [0.4, 0.5) is 11.5 Å². The highest BCUT2D eigenvalue weighted by Gasteiger charge is 2.07. The van der Waals surface area contributed by atoms with Crippen molar-refractivity contribution in [3.8, 4) is 0 Å². The molecule has 0 saturated carbocycles. The molecule has 0 amide bonds. The Labute approximate surface area is 88.3 Å². The van der Waals surface area contributed by atoms with Crippen molar-refractivity contribution < 1.29 is 4.42 Å². The van der Waals surface area contributed by atoms with Crippen LogP contribution in [0.1, 0.15) is 5.76 Å². The van der Waals surface area contributed by atoms with Gasteiger partial charge in [-0.05, 0) is 24.3 Å². The van der Waals surface area contributed by atoms with Crippen molar-refractivity contribution in [3.63, 3.8) is 0 Å². The molecule has 0 saturated heterocycles. The Bertz CT molecular complexity index is 425. The van der Waals surface area contributed by atoms with Gasteiger partial charge in [-0.1, -0.05) is 0 Å². The number of anilines is 2. The molecule has 2 N–H and O–H groups in total. The second kappa shape index (κ2) is 4.04. The molecule has 0 bridgehead atoms. The molecule has 15 heavy (non-hydrogen) atoms. The minimum Gasteiger partial charge on any atom is -0.467 e. The molecule has 0 aliphatic heterocycles. The first-order valence-corrected chi connectivity index (χ1v) is 4.71. The summed E-state index contributed by atoms with van der Waals surface area (Å²) in [5.74, 6) is 1.66. The molecule has 0 aliphatic rings. The molecule has 0 spiro atoms. The van der Waals surface area contributed by atoms with Crippen LogP contribution in [0, 0.1) is 0 Å². The number of aromatic nitrogens is 1. The molecule has 4 heteroatoms. The zero-order valence-corrected chi connectivity index (χ0v) is 8.55. The van der Waals surface area contributed by atoms with Crippen LogP contribution in [-0.2, 0) is 6.54 Å². The van der Waals surface area contributed by atoms with Crippen molar-refractivity contribution in [3.05, 3.63) is 42.5 Å². The lowest BCUT2D eigenvalue weighted by Crippen LogP contribution is -2.18. The van der Waals surface area contributed by atoms with Gasteiger partial charge in [0.05, 0.1) is 18.5 Å². The average molecular weight is 203 g/mol. The average Bonchev–Trinajstić information content (AvgIpc) is 2.71. The third-order valence-electron chi connectivity index (χ3n) is 2.15. The molecule has 0 fully saturated rings. The molecule has 2 rings (SSSR count). The molecule has 0 atom stereocenters. The Morgan fingerprint density at radius 1 is 1.40 bits per heavy atom. The minimum atomic E-state index is 0.661. The van der Waals surface area contributed by atoms with Gasteiger partial charge in [-0.15, -0.1) is 0 Å². The van der Waals surface area contributed by atoms with Crippen LogP contribution in [0.5, 0.6) is 0 Å². The molecule has 0 aromatic carbocycles. The summed E-state index contributed by atoms with van der Waals surface area (Å²) in [5.41, 5.74) is 6.49. The number of hydrogen-bond acceptors (Lipinski definition) is 4. The lowest BCUT2D eigenvalue weighted by molar-refractivity contribution is 0.507. The van der Waals surface area contributed by atoms with Gasteiger partial charge in [-0.3, -0.25) is 0 Å². The second-order valence-corrected chi connectivity index (χ2v) is 3.35. The van der Waals surface area contributed by atoms with Gasteiger partial charge < -0.3 is 15.1 Å². The van der Waals surface area contributed by atoms with E-state index in [9.17, 15) is 0 Å². The standard InChI is InChI=1S/C11H13N3O/c1-14(8-9-4-3-7-15-9)11-10(12)5-2-6-13-11/h2-7H,8,12H2,1H3. The summed E-state index contributed by atoms with van der Waals surface area (Å²) < 4.78 is 5.26. The Hall–Kier alpha value is -1.97. The first-order chi connectivity index (χ1) is 7.27. The van der Waals surface area contributed by atoms with Gasteiger partial charge in [0.15, 0.2) is 5.82 Å². The van der Waals surface area contributed by atoms with Crippen molar-refractivity contribution >= 4 is 11.5 Å². The lowest BCUT2D eigenvalue weighted by Gasteiger charge is -2.17. The largest absolute Gasteiger partial charge is 0.467 e. The minimum absolute atomic E-state index is 0.661.